The van der Waals surface area contributed by atoms with E-state index in [4.69, 9.17) is 16.3 Å². The number of amides is 2. The molecule has 0 aromatic heterocycles. The van der Waals surface area contributed by atoms with Crippen LogP contribution in [-0.4, -0.2) is 74.7 Å². The minimum Gasteiger partial charge on any atom is -0.481 e. The zero-order valence-electron chi connectivity index (χ0n) is 19.6. The Labute approximate surface area is 218 Å². The number of hydrogen-bond acceptors (Lipinski definition) is 5. The lowest BCUT2D eigenvalue weighted by Gasteiger charge is -2.39. The van der Waals surface area contributed by atoms with Gasteiger partial charge in [-0.05, 0) is 43.0 Å². The van der Waals surface area contributed by atoms with Crippen molar-refractivity contribution in [1.29, 1.82) is 0 Å². The number of aliphatic carboxylic acids is 1. The molecule has 0 aliphatic carbocycles. The van der Waals surface area contributed by atoms with E-state index >= 15 is 0 Å². The summed E-state index contributed by atoms with van der Waals surface area (Å²) in [5.41, 5.74) is -0.750. The van der Waals surface area contributed by atoms with Gasteiger partial charge in [0.2, 0.25) is 5.91 Å². The van der Waals surface area contributed by atoms with Crippen molar-refractivity contribution in [2.24, 2.45) is 17.8 Å². The van der Waals surface area contributed by atoms with Crippen molar-refractivity contribution < 1.29 is 29.3 Å². The number of alkyl halides is 1. The Balaban J connectivity index is 1.85. The number of benzene rings is 1. The fourth-order valence-electron chi connectivity index (χ4n) is 6.06. The fraction of sp³-hybridized carbons (Fsp3) is 0.560. The number of fused-ring (bicyclic) bond motifs is 1. The summed E-state index contributed by atoms with van der Waals surface area (Å²) in [6, 6.07) is 5.00. The van der Waals surface area contributed by atoms with Crippen LogP contribution in [0.3, 0.4) is 0 Å². The Hall–Kier alpha value is -1.94. The van der Waals surface area contributed by atoms with Crippen LogP contribution in [0.25, 0.3) is 0 Å². The first-order valence-corrected chi connectivity index (χ1v) is 13.0. The minimum atomic E-state index is -1.31. The van der Waals surface area contributed by atoms with Gasteiger partial charge in [-0.15, -0.1) is 6.58 Å². The molecule has 3 saturated heterocycles. The molecule has 1 unspecified atom stereocenters. The van der Waals surface area contributed by atoms with Gasteiger partial charge in [0, 0.05) is 22.1 Å². The summed E-state index contributed by atoms with van der Waals surface area (Å²) >= 11 is 9.59. The zero-order valence-corrected chi connectivity index (χ0v) is 22.0. The summed E-state index contributed by atoms with van der Waals surface area (Å²) in [6.45, 7) is 7.53. The van der Waals surface area contributed by atoms with Gasteiger partial charge in [0.25, 0.3) is 5.91 Å². The van der Waals surface area contributed by atoms with E-state index in [-0.39, 0.29) is 23.9 Å². The summed E-state index contributed by atoms with van der Waals surface area (Å²) in [7, 11) is 0. The first-order valence-electron chi connectivity index (χ1n) is 11.7. The second-order valence-electron chi connectivity index (χ2n) is 9.93. The molecule has 1 aromatic carbocycles. The molecule has 3 aliphatic rings. The number of halogens is 2. The van der Waals surface area contributed by atoms with Crippen LogP contribution < -0.4 is 4.90 Å². The van der Waals surface area contributed by atoms with E-state index in [2.05, 4.69) is 22.5 Å². The number of likely N-dealkylation sites (tertiary alicyclic amines) is 1. The van der Waals surface area contributed by atoms with Crippen molar-refractivity contribution in [3.63, 3.8) is 0 Å². The van der Waals surface area contributed by atoms with E-state index in [9.17, 15) is 24.6 Å². The second kappa shape index (κ2) is 9.84. The molecule has 2 amide bonds. The van der Waals surface area contributed by atoms with E-state index in [1.807, 2.05) is 13.8 Å². The van der Waals surface area contributed by atoms with Gasteiger partial charge in [-0.25, -0.2) is 0 Å². The number of ether oxygens (including phenoxy) is 1. The Morgan fingerprint density at radius 2 is 2.03 bits per heavy atom. The Bertz CT molecular complexity index is 1020. The molecule has 7 atom stereocenters. The van der Waals surface area contributed by atoms with Crippen LogP contribution in [0.2, 0.25) is 5.02 Å². The standard InChI is InChI=1S/C25H30BrClN2O6/c1-4-9-28(15-7-5-14(27)6-8-15)23(32)21-25-11-17(26)20(35-25)18(24(33)34)19(25)22(31)29(21)16(12-30)10-13(2)3/h4-8,13,16-21,30H,1,9-12H2,2-3H3,(H,33,34)/t16-,17?,18-,19+,20-,21-,25+/m1/s1. The van der Waals surface area contributed by atoms with E-state index in [0.717, 1.165) is 0 Å². The van der Waals surface area contributed by atoms with Crippen molar-refractivity contribution in [1.82, 2.24) is 4.90 Å². The molecular formula is C25H30BrClN2O6. The number of anilines is 1. The predicted octanol–water partition coefficient (Wildman–Crippen LogP) is 3.10. The van der Waals surface area contributed by atoms with Gasteiger partial charge in [-0.3, -0.25) is 14.4 Å². The highest BCUT2D eigenvalue weighted by atomic mass is 79.9. The largest absolute Gasteiger partial charge is 0.481 e. The topological polar surface area (TPSA) is 107 Å². The molecule has 3 fully saturated rings. The van der Waals surface area contributed by atoms with Crippen LogP contribution >= 0.6 is 27.5 Å². The van der Waals surface area contributed by atoms with E-state index < -0.39 is 53.4 Å². The third-order valence-electron chi connectivity index (χ3n) is 7.31. The van der Waals surface area contributed by atoms with Gasteiger partial charge in [0.05, 0.1) is 30.6 Å². The maximum atomic E-state index is 14.3. The van der Waals surface area contributed by atoms with Crippen LogP contribution in [-0.2, 0) is 19.1 Å². The highest BCUT2D eigenvalue weighted by Gasteiger charge is 2.77. The molecular weight excluding hydrogens is 540 g/mol. The van der Waals surface area contributed by atoms with Gasteiger partial charge in [-0.1, -0.05) is 47.5 Å². The lowest BCUT2D eigenvalue weighted by atomic mass is 9.70. The molecule has 2 N–H and O–H groups in total. The van der Waals surface area contributed by atoms with Gasteiger partial charge in [-0.2, -0.15) is 0 Å². The monoisotopic (exact) mass is 568 g/mol. The number of carboxylic acid groups (broad SMARTS) is 1. The van der Waals surface area contributed by atoms with Crippen molar-refractivity contribution in [3.05, 3.63) is 41.9 Å². The molecule has 4 rings (SSSR count). The average molecular weight is 570 g/mol. The van der Waals surface area contributed by atoms with Gasteiger partial charge in [0.1, 0.15) is 11.6 Å². The molecule has 0 saturated carbocycles. The summed E-state index contributed by atoms with van der Waals surface area (Å²) in [5, 5.41) is 20.8. The predicted molar refractivity (Wildman–Crippen MR) is 135 cm³/mol. The second-order valence-corrected chi connectivity index (χ2v) is 11.5. The molecule has 190 valence electrons. The van der Waals surface area contributed by atoms with Crippen molar-refractivity contribution >= 4 is 51.0 Å². The average Bonchev–Trinajstić information content (AvgIpc) is 3.39. The Kier molecular flexibility index (Phi) is 7.35. The summed E-state index contributed by atoms with van der Waals surface area (Å²) in [6.07, 6.45) is 1.63. The third-order valence-corrected chi connectivity index (χ3v) is 8.41. The van der Waals surface area contributed by atoms with E-state index in [1.165, 1.54) is 9.80 Å². The quantitative estimate of drug-likeness (QED) is 0.350. The van der Waals surface area contributed by atoms with Crippen molar-refractivity contribution in [3.8, 4) is 0 Å². The molecule has 8 nitrogen and oxygen atoms in total. The van der Waals surface area contributed by atoms with Crippen molar-refractivity contribution in [2.45, 2.75) is 55.3 Å². The lowest BCUT2D eigenvalue weighted by Crippen LogP contribution is -2.59. The first-order chi connectivity index (χ1) is 16.6. The smallest absolute Gasteiger partial charge is 0.310 e. The van der Waals surface area contributed by atoms with E-state index in [0.29, 0.717) is 23.6 Å². The third kappa shape index (κ3) is 4.20. The number of nitrogens with zero attached hydrogens (tertiary/aromatic N) is 2. The maximum absolute atomic E-state index is 14.3. The number of aliphatic hydroxyl groups excluding tert-OH is 1. The Morgan fingerprint density at radius 3 is 2.57 bits per heavy atom. The lowest BCUT2D eigenvalue weighted by molar-refractivity contribution is -0.151. The van der Waals surface area contributed by atoms with Gasteiger partial charge >= 0.3 is 5.97 Å². The molecule has 1 aromatic rings. The highest BCUT2D eigenvalue weighted by molar-refractivity contribution is 9.09. The zero-order chi connectivity index (χ0) is 25.7. The molecule has 10 heteroatoms. The van der Waals surface area contributed by atoms with Gasteiger partial charge in [0.15, 0.2) is 0 Å². The summed E-state index contributed by atoms with van der Waals surface area (Å²) in [5.74, 6) is -3.95. The number of aliphatic hydroxyl groups is 1. The van der Waals surface area contributed by atoms with E-state index in [1.54, 1.807) is 30.3 Å². The van der Waals surface area contributed by atoms with Crippen LogP contribution in [0, 0.1) is 17.8 Å². The maximum Gasteiger partial charge on any atom is 0.310 e. The normalized spacial score (nSPS) is 32.1. The number of carbonyl (C=O) groups excluding carboxylic acids is 2. The molecule has 0 radical (unpaired) electrons. The van der Waals surface area contributed by atoms with Gasteiger partial charge < -0.3 is 24.7 Å². The number of carboxylic acids is 1. The number of hydrogen-bond donors (Lipinski definition) is 2. The molecule has 3 heterocycles. The molecule has 1 spiro atoms. The fourth-order valence-corrected chi connectivity index (χ4v) is 7.13. The number of rotatable bonds is 9. The summed E-state index contributed by atoms with van der Waals surface area (Å²) < 4.78 is 6.32. The first kappa shape index (κ1) is 26.1. The SMILES string of the molecule is C=CCN(C(=O)[C@H]1N([C@@H](CO)CC(C)C)C(=O)[C@@H]2[C@@H](C(=O)O)[C@@H]3O[C@@]21CC3Br)c1ccc(Cl)cc1. The molecule has 35 heavy (non-hydrogen) atoms. The molecule has 3 aliphatic heterocycles. The van der Waals surface area contributed by atoms with Crippen molar-refractivity contribution in [2.75, 3.05) is 18.1 Å². The Morgan fingerprint density at radius 1 is 1.37 bits per heavy atom. The van der Waals surface area contributed by atoms with Crippen LogP contribution in [0.4, 0.5) is 5.69 Å². The van der Waals surface area contributed by atoms with Crippen LogP contribution in [0.1, 0.15) is 26.7 Å². The summed E-state index contributed by atoms with van der Waals surface area (Å²) in [4.78, 5) is 43.1. The number of carbonyl (C=O) groups is 3. The van der Waals surface area contributed by atoms with Crippen LogP contribution in [0.15, 0.2) is 36.9 Å². The molecule has 2 bridgehead atoms. The minimum absolute atomic E-state index is 0.130. The highest BCUT2D eigenvalue weighted by Crippen LogP contribution is 2.60. The van der Waals surface area contributed by atoms with Crippen LogP contribution in [0.5, 0.6) is 0 Å².